The normalized spacial score (nSPS) is 14.5. The monoisotopic (exact) mass is 985 g/mol. The Morgan fingerprint density at radius 1 is 0.354 bits per heavy atom. The van der Waals surface area contributed by atoms with Gasteiger partial charge < -0.3 is 31.4 Å². The van der Waals surface area contributed by atoms with Crippen LogP contribution >= 0.6 is 0 Å². The van der Waals surface area contributed by atoms with Crippen molar-refractivity contribution in [2.24, 2.45) is 0 Å². The van der Waals surface area contributed by atoms with E-state index in [1.807, 2.05) is 6.55 Å². The van der Waals surface area contributed by atoms with Crippen LogP contribution in [-0.2, 0) is 40.9 Å². The van der Waals surface area contributed by atoms with Gasteiger partial charge in [-0.1, -0.05) is 174 Å². The summed E-state index contributed by atoms with van der Waals surface area (Å²) in [4.78, 5) is 46.5. The molecule has 0 aromatic carbocycles. The number of hydrogen-bond donors (Lipinski definition) is 1. The highest BCUT2D eigenvalue weighted by Crippen LogP contribution is 2.33. The zero-order chi connectivity index (χ0) is 49.0. The smallest absolute Gasteiger partial charge is 0.333 e. The maximum Gasteiger partial charge on any atom is 0.333 e. The van der Waals surface area contributed by atoms with E-state index in [1.54, 1.807) is 20.8 Å². The Morgan fingerprint density at radius 3 is 0.846 bits per heavy atom. The van der Waals surface area contributed by atoms with Crippen LogP contribution in [0.15, 0.2) is 36.5 Å². The summed E-state index contributed by atoms with van der Waals surface area (Å²) >= 11 is 0. The zero-order valence-corrected chi connectivity index (χ0v) is 47.6. The van der Waals surface area contributed by atoms with Crippen LogP contribution in [0.1, 0.15) is 194 Å². The van der Waals surface area contributed by atoms with Gasteiger partial charge in [0.1, 0.15) is 0 Å². The Bertz CT molecular complexity index is 1340. The number of esters is 3. The van der Waals surface area contributed by atoms with Gasteiger partial charge in [0.05, 0.1) is 19.8 Å². The maximum absolute atomic E-state index is 11.9. The highest BCUT2D eigenvalue weighted by Gasteiger charge is 2.48. The predicted molar refractivity (Wildman–Crippen MR) is 280 cm³/mol. The van der Waals surface area contributed by atoms with E-state index in [-0.39, 0.29) is 17.9 Å². The van der Waals surface area contributed by atoms with E-state index >= 15 is 0 Å². The number of carbonyl (C=O) groups is 3. The topological polar surface area (TPSA) is 127 Å². The van der Waals surface area contributed by atoms with Crippen molar-refractivity contribution in [3.8, 4) is 0 Å². The number of unbranched alkanes of at least 4 members (excludes halogenated alkanes) is 24. The summed E-state index contributed by atoms with van der Waals surface area (Å²) in [7, 11) is -10.3. The van der Waals surface area contributed by atoms with Crippen molar-refractivity contribution in [3.63, 3.8) is 0 Å². The molecule has 0 radical (unpaired) electrons. The molecule has 0 amide bonds. The van der Waals surface area contributed by atoms with E-state index in [4.69, 9.17) is 26.6 Å². The number of ether oxygens (including phenoxy) is 3. The first kappa shape index (κ1) is 63.3. The van der Waals surface area contributed by atoms with Crippen LogP contribution in [0.5, 0.6) is 0 Å². The third-order valence-corrected chi connectivity index (χ3v) is 26.4. The van der Waals surface area contributed by atoms with E-state index < -0.39 is 34.0 Å². The quantitative estimate of drug-likeness (QED) is 0.0207. The van der Waals surface area contributed by atoms with Crippen LogP contribution in [0, 0.1) is 0 Å². The van der Waals surface area contributed by atoms with Crippen molar-refractivity contribution in [1.29, 1.82) is 0 Å². The summed E-state index contributed by atoms with van der Waals surface area (Å²) < 4.78 is 37.0. The van der Waals surface area contributed by atoms with Gasteiger partial charge in [0.2, 0.25) is 0 Å². The van der Waals surface area contributed by atoms with Gasteiger partial charge in [-0.2, -0.15) is 0 Å². The lowest BCUT2D eigenvalue weighted by molar-refractivity contribution is -0.139. The van der Waals surface area contributed by atoms with Crippen LogP contribution in [0.3, 0.4) is 0 Å². The molecule has 0 spiro atoms. The molecule has 0 bridgehead atoms. The molecule has 1 N–H and O–H groups in total. The van der Waals surface area contributed by atoms with E-state index in [1.165, 1.54) is 89.9 Å². The fourth-order valence-corrected chi connectivity index (χ4v) is 26.5. The summed E-state index contributed by atoms with van der Waals surface area (Å²) in [5, 5.41) is 0. The average molecular weight is 986 g/mol. The first-order valence-corrected chi connectivity index (χ1v) is 36.9. The molecule has 0 rings (SSSR count). The number of carbonyl (C=O) groups excluding carboxylic acids is 3. The molecule has 0 aromatic heterocycles. The second-order valence-electron chi connectivity index (χ2n) is 20.4. The summed E-state index contributed by atoms with van der Waals surface area (Å²) in [6.07, 6.45) is 30.4. The third-order valence-electron chi connectivity index (χ3n) is 11.5. The molecule has 3 unspecified atom stereocenters. The van der Waals surface area contributed by atoms with Crippen molar-refractivity contribution >= 4 is 51.9 Å². The molecular weight excluding hydrogens is 885 g/mol. The minimum absolute atomic E-state index is 0.294. The molecule has 0 aliphatic carbocycles. The van der Waals surface area contributed by atoms with Crippen molar-refractivity contribution in [2.45, 2.75) is 252 Å². The molecule has 0 fully saturated rings. The molecule has 10 nitrogen and oxygen atoms in total. The fourth-order valence-electron chi connectivity index (χ4n) is 8.09. The van der Waals surface area contributed by atoms with Crippen LogP contribution in [-0.4, -0.2) is 76.5 Å². The average Bonchev–Trinajstić information content (AvgIpc) is 3.20. The highest BCUT2D eigenvalue weighted by molar-refractivity contribution is 6.89. The molecule has 65 heavy (non-hydrogen) atoms. The molecule has 0 saturated heterocycles. The summed E-state index contributed by atoms with van der Waals surface area (Å²) in [5.74, 6) is -0.890. The molecule has 3 atom stereocenters. The molecule has 380 valence electrons. The number of hydrogen-bond acceptors (Lipinski definition) is 10. The minimum atomic E-state index is -2.98. The second-order valence-corrected chi connectivity index (χ2v) is 35.5. The van der Waals surface area contributed by atoms with Gasteiger partial charge in [0.15, 0.2) is 8.32 Å². The standard InChI is InChI=1S/C51H100O10Si4/c1-46(2)49(52)56-40-34-28-22-16-13-19-25-31-37-43-63(10,55)60-65(12,45-39-33-27-21-15-18-24-30-36-42-58-51(54)48(5)6)61-64(11,59-62(7,8)9)44-38-32-26-20-14-17-23-29-35-41-57-50(53)47(3)4/h55H,1,3,5,13-45H2,2,4,6-12H3. The van der Waals surface area contributed by atoms with Crippen LogP contribution in [0.25, 0.3) is 0 Å². The Labute approximate surface area is 403 Å². The van der Waals surface area contributed by atoms with Gasteiger partial charge in [-0.25, -0.2) is 14.4 Å². The van der Waals surface area contributed by atoms with Crippen molar-refractivity contribution in [3.05, 3.63) is 36.5 Å². The first-order chi connectivity index (χ1) is 30.6. The van der Waals surface area contributed by atoms with E-state index in [0.717, 1.165) is 102 Å². The largest absolute Gasteiger partial charge is 0.462 e. The maximum atomic E-state index is 11.9. The van der Waals surface area contributed by atoms with Gasteiger partial charge in [-0.3, -0.25) is 0 Å². The predicted octanol–water partition coefficient (Wildman–Crippen LogP) is 15.0. The summed E-state index contributed by atoms with van der Waals surface area (Å²) in [5.41, 5.74) is 1.36. The van der Waals surface area contributed by atoms with E-state index in [0.29, 0.717) is 36.5 Å². The Balaban J connectivity index is 5.12. The molecular formula is C51H100O10Si4. The summed E-state index contributed by atoms with van der Waals surface area (Å²) in [6, 6.07) is 2.56. The molecule has 14 heteroatoms. The Morgan fingerprint density at radius 2 is 0.585 bits per heavy atom. The second kappa shape index (κ2) is 37.3. The molecule has 0 aromatic rings. The molecule has 0 aliphatic heterocycles. The zero-order valence-electron chi connectivity index (χ0n) is 43.6. The Kier molecular flexibility index (Phi) is 36.3. The van der Waals surface area contributed by atoms with Crippen molar-refractivity contribution in [1.82, 2.24) is 0 Å². The lowest BCUT2D eigenvalue weighted by Crippen LogP contribution is -2.59. The van der Waals surface area contributed by atoms with Gasteiger partial charge in [-0.05, 0) is 97.4 Å². The Hall–Kier alpha value is -1.66. The lowest BCUT2D eigenvalue weighted by atomic mass is 10.1. The molecule has 0 aliphatic rings. The van der Waals surface area contributed by atoms with E-state index in [9.17, 15) is 19.2 Å². The van der Waals surface area contributed by atoms with Crippen LogP contribution in [0.4, 0.5) is 0 Å². The van der Waals surface area contributed by atoms with Crippen LogP contribution < -0.4 is 0 Å². The van der Waals surface area contributed by atoms with Gasteiger partial charge in [-0.15, -0.1) is 0 Å². The lowest BCUT2D eigenvalue weighted by Gasteiger charge is -2.43. The minimum Gasteiger partial charge on any atom is -0.462 e. The van der Waals surface area contributed by atoms with Gasteiger partial charge in [0.25, 0.3) is 0 Å². The third kappa shape index (κ3) is 38.9. The molecule has 0 heterocycles. The van der Waals surface area contributed by atoms with Crippen LogP contribution in [0.2, 0.25) is 57.4 Å². The molecule has 0 saturated carbocycles. The fraction of sp³-hybridized carbons (Fsp3) is 0.824. The van der Waals surface area contributed by atoms with E-state index in [2.05, 4.69) is 52.5 Å². The first-order valence-electron chi connectivity index (χ1n) is 25.9. The van der Waals surface area contributed by atoms with Gasteiger partial charge >= 0.3 is 43.6 Å². The summed E-state index contributed by atoms with van der Waals surface area (Å²) in [6.45, 7) is 30.6. The number of rotatable bonds is 45. The van der Waals surface area contributed by atoms with Crippen molar-refractivity contribution in [2.75, 3.05) is 19.8 Å². The SMILES string of the molecule is C=C(C)C(=O)OCCCCCCCCCCC[Si](C)(O)O[Si](C)(CCCCCCCCCCCOC(=O)C(=C)C)O[Si](C)(CCCCCCCCCCCOC(=O)C(=C)C)O[Si](C)(C)C. The highest BCUT2D eigenvalue weighted by atomic mass is 28.5. The van der Waals surface area contributed by atoms with Gasteiger partial charge in [0, 0.05) is 16.7 Å². The van der Waals surface area contributed by atoms with Crippen molar-refractivity contribution < 1.29 is 45.7 Å².